The predicted octanol–water partition coefficient (Wildman–Crippen LogP) is 5.10. The standard InChI is InChI=1S/C25H26ClF3N4O5S2/c1-3-38-24(30)15-33-23-6-4-5-22(21(23)14-31-33)32(2)40(36,37)20-12-16(25(27,28)29)11-19(13-20)39(34,35)18-9-7-17(26)8-10-18/h7-14,22,30H,3-6,15H2,1-2H3/t22-/m1/s1. The predicted molar refractivity (Wildman–Crippen MR) is 141 cm³/mol. The molecule has 216 valence electrons. The number of halogens is 4. The summed E-state index contributed by atoms with van der Waals surface area (Å²) in [6.45, 7) is 2.09. The van der Waals surface area contributed by atoms with Crippen LogP contribution in [0.5, 0.6) is 0 Å². The zero-order valence-electron chi connectivity index (χ0n) is 21.4. The molecule has 0 saturated heterocycles. The van der Waals surface area contributed by atoms with Crippen molar-refractivity contribution < 1.29 is 34.7 Å². The van der Waals surface area contributed by atoms with Gasteiger partial charge in [0.1, 0.15) is 6.54 Å². The van der Waals surface area contributed by atoms with Gasteiger partial charge >= 0.3 is 6.18 Å². The quantitative estimate of drug-likeness (QED) is 0.277. The van der Waals surface area contributed by atoms with Crippen molar-refractivity contribution in [1.29, 1.82) is 5.41 Å². The summed E-state index contributed by atoms with van der Waals surface area (Å²) in [5, 5.41) is 12.4. The minimum absolute atomic E-state index is 0.0186. The number of rotatable bonds is 8. The van der Waals surface area contributed by atoms with Crippen LogP contribution in [0.25, 0.3) is 0 Å². The number of sulfone groups is 1. The molecule has 1 aliphatic rings. The van der Waals surface area contributed by atoms with E-state index in [0.29, 0.717) is 49.3 Å². The summed E-state index contributed by atoms with van der Waals surface area (Å²) < 4.78 is 103. The lowest BCUT2D eigenvalue weighted by Crippen LogP contribution is -2.34. The highest BCUT2D eigenvalue weighted by atomic mass is 35.5. The Kier molecular flexibility index (Phi) is 8.37. The van der Waals surface area contributed by atoms with Crippen molar-refractivity contribution in [2.75, 3.05) is 13.7 Å². The van der Waals surface area contributed by atoms with E-state index in [-0.39, 0.29) is 22.4 Å². The molecule has 1 aromatic heterocycles. The van der Waals surface area contributed by atoms with E-state index in [1.165, 1.54) is 25.4 Å². The van der Waals surface area contributed by atoms with Crippen molar-refractivity contribution in [3.05, 3.63) is 70.5 Å². The lowest BCUT2D eigenvalue weighted by Gasteiger charge is -2.31. The second kappa shape index (κ2) is 11.1. The van der Waals surface area contributed by atoms with Crippen LogP contribution < -0.4 is 0 Å². The van der Waals surface area contributed by atoms with Crippen LogP contribution in [0, 0.1) is 5.41 Å². The fraction of sp³-hybridized carbons (Fsp3) is 0.360. The molecular formula is C25H26ClF3N4O5S2. The number of nitrogens with one attached hydrogen (secondary N) is 1. The Morgan fingerprint density at radius 2 is 1.77 bits per heavy atom. The van der Waals surface area contributed by atoms with Crippen LogP contribution in [0.3, 0.4) is 0 Å². The maximum atomic E-state index is 13.8. The van der Waals surface area contributed by atoms with Crippen LogP contribution >= 0.6 is 11.6 Å². The molecule has 2 aromatic carbocycles. The minimum atomic E-state index is -5.02. The molecule has 0 aliphatic heterocycles. The monoisotopic (exact) mass is 618 g/mol. The average Bonchev–Trinajstić information content (AvgIpc) is 3.30. The summed E-state index contributed by atoms with van der Waals surface area (Å²) in [4.78, 5) is -1.96. The summed E-state index contributed by atoms with van der Waals surface area (Å²) in [5.41, 5.74) is -0.165. The normalized spacial score (nSPS) is 16.1. The summed E-state index contributed by atoms with van der Waals surface area (Å²) in [5.74, 6) is -0.0186. The van der Waals surface area contributed by atoms with Gasteiger partial charge in [-0.05, 0) is 68.7 Å². The molecule has 0 fully saturated rings. The van der Waals surface area contributed by atoms with Gasteiger partial charge in [0.25, 0.3) is 0 Å². The number of ether oxygens (including phenoxy) is 1. The van der Waals surface area contributed by atoms with Crippen molar-refractivity contribution in [3.8, 4) is 0 Å². The van der Waals surface area contributed by atoms with E-state index in [1.54, 1.807) is 11.6 Å². The van der Waals surface area contributed by atoms with Crippen LogP contribution in [0.15, 0.2) is 63.3 Å². The van der Waals surface area contributed by atoms with Gasteiger partial charge in [0.2, 0.25) is 25.8 Å². The van der Waals surface area contributed by atoms with E-state index in [0.717, 1.165) is 22.5 Å². The third-order valence-electron chi connectivity index (χ3n) is 6.60. The van der Waals surface area contributed by atoms with Gasteiger partial charge in [-0.3, -0.25) is 10.1 Å². The molecule has 1 N–H and O–H groups in total. The van der Waals surface area contributed by atoms with E-state index < -0.39 is 47.4 Å². The number of hydrogen-bond donors (Lipinski definition) is 1. The zero-order chi connectivity index (χ0) is 29.5. The second-order valence-corrected chi connectivity index (χ2v) is 13.5. The van der Waals surface area contributed by atoms with Crippen molar-refractivity contribution in [3.63, 3.8) is 0 Å². The largest absolute Gasteiger partial charge is 0.480 e. The average molecular weight is 619 g/mol. The highest BCUT2D eigenvalue weighted by Crippen LogP contribution is 2.39. The maximum Gasteiger partial charge on any atom is 0.416 e. The van der Waals surface area contributed by atoms with E-state index in [2.05, 4.69) is 5.10 Å². The molecule has 15 heteroatoms. The van der Waals surface area contributed by atoms with E-state index in [4.69, 9.17) is 21.7 Å². The second-order valence-electron chi connectivity index (χ2n) is 9.14. The number of hydrogen-bond acceptors (Lipinski definition) is 7. The van der Waals surface area contributed by atoms with Gasteiger partial charge in [0, 0.05) is 23.3 Å². The smallest absolute Gasteiger partial charge is 0.416 e. The zero-order valence-corrected chi connectivity index (χ0v) is 23.8. The highest BCUT2D eigenvalue weighted by Gasteiger charge is 2.38. The fourth-order valence-corrected chi connectivity index (χ4v) is 7.56. The summed E-state index contributed by atoms with van der Waals surface area (Å²) in [6, 6.07) is 5.61. The van der Waals surface area contributed by atoms with Crippen LogP contribution in [-0.4, -0.2) is 50.5 Å². The first-order valence-electron chi connectivity index (χ1n) is 12.1. The third-order valence-corrected chi connectivity index (χ3v) is 10.4. The van der Waals surface area contributed by atoms with Gasteiger partial charge in [0.05, 0.1) is 39.1 Å². The summed E-state index contributed by atoms with van der Waals surface area (Å²) in [6.07, 6.45) is -2.05. The van der Waals surface area contributed by atoms with Gasteiger partial charge in [-0.1, -0.05) is 11.6 Å². The molecule has 3 aromatic rings. The SMILES string of the molecule is CCOC(=N)Cn1ncc2c1CCC[C@H]2N(C)S(=O)(=O)c1cc(C(F)(F)F)cc(S(=O)(=O)c2ccc(Cl)cc2)c1. The third kappa shape index (κ3) is 5.90. The molecule has 1 atom stereocenters. The van der Waals surface area contributed by atoms with Crippen LogP contribution in [-0.2, 0) is 43.7 Å². The summed E-state index contributed by atoms with van der Waals surface area (Å²) in [7, 11) is -7.90. The Labute approximate surface area is 235 Å². The molecule has 0 spiro atoms. The first kappa shape index (κ1) is 30.0. The van der Waals surface area contributed by atoms with E-state index in [9.17, 15) is 30.0 Å². The Balaban J connectivity index is 1.76. The molecule has 0 bridgehead atoms. The number of alkyl halides is 3. The number of sulfonamides is 1. The Morgan fingerprint density at radius 1 is 1.12 bits per heavy atom. The Bertz CT molecular complexity index is 1640. The van der Waals surface area contributed by atoms with Crippen molar-refractivity contribution >= 4 is 37.4 Å². The first-order chi connectivity index (χ1) is 18.7. The van der Waals surface area contributed by atoms with Crippen molar-refractivity contribution in [1.82, 2.24) is 14.1 Å². The molecule has 1 heterocycles. The first-order valence-corrected chi connectivity index (χ1v) is 15.4. The van der Waals surface area contributed by atoms with E-state index in [1.807, 2.05) is 0 Å². The Hall–Kier alpha value is -2.94. The minimum Gasteiger partial charge on any atom is -0.480 e. The van der Waals surface area contributed by atoms with Gasteiger partial charge in [0.15, 0.2) is 0 Å². The lowest BCUT2D eigenvalue weighted by molar-refractivity contribution is -0.137. The molecular weight excluding hydrogens is 593 g/mol. The molecule has 0 unspecified atom stereocenters. The van der Waals surface area contributed by atoms with Crippen LogP contribution in [0.4, 0.5) is 13.2 Å². The van der Waals surface area contributed by atoms with Gasteiger partial charge in [-0.15, -0.1) is 0 Å². The molecule has 0 amide bonds. The molecule has 0 saturated carbocycles. The van der Waals surface area contributed by atoms with Gasteiger partial charge < -0.3 is 4.74 Å². The maximum absolute atomic E-state index is 13.8. The highest BCUT2D eigenvalue weighted by molar-refractivity contribution is 7.91. The van der Waals surface area contributed by atoms with Crippen molar-refractivity contribution in [2.45, 2.75) is 59.6 Å². The Morgan fingerprint density at radius 3 is 2.40 bits per heavy atom. The fourth-order valence-electron chi connectivity index (χ4n) is 4.59. The van der Waals surface area contributed by atoms with Crippen LogP contribution in [0.1, 0.15) is 42.6 Å². The number of benzene rings is 2. The molecule has 9 nitrogen and oxygen atoms in total. The van der Waals surface area contributed by atoms with Gasteiger partial charge in [-0.2, -0.15) is 22.6 Å². The number of nitrogens with zero attached hydrogens (tertiary/aromatic N) is 3. The molecule has 4 rings (SSSR count). The van der Waals surface area contributed by atoms with E-state index >= 15 is 0 Å². The molecule has 40 heavy (non-hydrogen) atoms. The molecule has 0 radical (unpaired) electrons. The number of aromatic nitrogens is 2. The van der Waals surface area contributed by atoms with Crippen molar-refractivity contribution in [2.24, 2.45) is 0 Å². The topological polar surface area (TPSA) is 122 Å². The summed E-state index contributed by atoms with van der Waals surface area (Å²) >= 11 is 5.81. The molecule has 1 aliphatic carbocycles. The van der Waals surface area contributed by atoms with Crippen LogP contribution in [0.2, 0.25) is 5.02 Å². The lowest BCUT2D eigenvalue weighted by atomic mass is 9.93. The number of fused-ring (bicyclic) bond motifs is 1. The van der Waals surface area contributed by atoms with Gasteiger partial charge in [-0.25, -0.2) is 16.8 Å².